The van der Waals surface area contributed by atoms with Crippen molar-refractivity contribution < 1.29 is 0 Å². The first-order chi connectivity index (χ1) is 29.8. The number of benzene rings is 8. The molecule has 1 unspecified atom stereocenters. The monoisotopic (exact) mass is 780 g/mol. The van der Waals surface area contributed by atoms with E-state index in [9.17, 15) is 0 Å². The van der Waals surface area contributed by atoms with E-state index < -0.39 is 5.41 Å². The molecule has 0 N–H and O–H groups in total. The van der Waals surface area contributed by atoms with Crippen molar-refractivity contribution in [2.75, 3.05) is 0 Å². The van der Waals surface area contributed by atoms with Crippen LogP contribution in [0.25, 0.3) is 88.2 Å². The van der Waals surface area contributed by atoms with Crippen LogP contribution in [0, 0.1) is 0 Å². The van der Waals surface area contributed by atoms with E-state index in [1.807, 2.05) is 23.5 Å². The summed E-state index contributed by atoms with van der Waals surface area (Å²) < 4.78 is 0. The van der Waals surface area contributed by atoms with Crippen LogP contribution in [-0.4, -0.2) is 9.97 Å². The van der Waals surface area contributed by atoms with Crippen LogP contribution in [0.3, 0.4) is 0 Å². The predicted molar refractivity (Wildman–Crippen MR) is 249 cm³/mol. The molecule has 0 saturated carbocycles. The Kier molecular flexibility index (Phi) is 7.97. The molecule has 0 amide bonds. The number of aromatic nitrogens is 2. The number of hydrogen-bond donors (Lipinski definition) is 0. The molecule has 60 heavy (non-hydrogen) atoms. The summed E-state index contributed by atoms with van der Waals surface area (Å²) in [6.07, 6.45) is 0. The van der Waals surface area contributed by atoms with Crippen LogP contribution in [0.15, 0.2) is 218 Å². The van der Waals surface area contributed by atoms with Gasteiger partial charge in [0.1, 0.15) is 0 Å². The van der Waals surface area contributed by atoms with Crippen molar-refractivity contribution >= 4 is 11.3 Å². The second-order valence-electron chi connectivity index (χ2n) is 15.6. The minimum Gasteiger partial charge on any atom is -0.228 e. The lowest BCUT2D eigenvalue weighted by molar-refractivity contribution is 0.800. The Morgan fingerprint density at radius 3 is 1.40 bits per heavy atom. The Morgan fingerprint density at radius 2 is 0.767 bits per heavy atom. The van der Waals surface area contributed by atoms with E-state index in [1.165, 1.54) is 71.0 Å². The molecule has 2 nitrogen and oxygen atoms in total. The van der Waals surface area contributed by atoms with Crippen molar-refractivity contribution in [1.82, 2.24) is 9.97 Å². The molecule has 10 aromatic rings. The average Bonchev–Trinajstić information content (AvgIpc) is 3.97. The van der Waals surface area contributed by atoms with Gasteiger partial charge >= 0.3 is 0 Å². The van der Waals surface area contributed by atoms with Gasteiger partial charge in [0, 0.05) is 32.0 Å². The molecule has 2 aliphatic rings. The number of fused-ring (bicyclic) bond motifs is 10. The summed E-state index contributed by atoms with van der Waals surface area (Å²) >= 11 is 1.93. The molecule has 1 atom stereocenters. The van der Waals surface area contributed by atoms with Crippen molar-refractivity contribution in [3.8, 4) is 88.2 Å². The average molecular weight is 781 g/mol. The molecule has 1 spiro atoms. The fourth-order valence-corrected chi connectivity index (χ4v) is 11.2. The number of nitrogens with zero attached hydrogens (tertiary/aromatic N) is 2. The topological polar surface area (TPSA) is 25.8 Å². The van der Waals surface area contributed by atoms with Crippen molar-refractivity contribution in [2.24, 2.45) is 0 Å². The van der Waals surface area contributed by atoms with Gasteiger partial charge in [0.15, 0.2) is 5.82 Å². The van der Waals surface area contributed by atoms with Gasteiger partial charge in [-0.1, -0.05) is 206 Å². The molecule has 2 heterocycles. The molecule has 3 heteroatoms. The fourth-order valence-electron chi connectivity index (χ4n) is 9.85. The third kappa shape index (κ3) is 5.19. The summed E-state index contributed by atoms with van der Waals surface area (Å²) in [7, 11) is 0. The van der Waals surface area contributed by atoms with E-state index in [0.29, 0.717) is 5.82 Å². The molecule has 8 aromatic carbocycles. The van der Waals surface area contributed by atoms with Crippen molar-refractivity contribution in [3.05, 3.63) is 241 Å². The van der Waals surface area contributed by atoms with Crippen LogP contribution in [0.5, 0.6) is 0 Å². The van der Waals surface area contributed by atoms with Gasteiger partial charge in [-0.05, 0) is 73.3 Å². The lowest BCUT2D eigenvalue weighted by Crippen LogP contribution is -2.27. The van der Waals surface area contributed by atoms with Crippen LogP contribution >= 0.6 is 11.3 Å². The zero-order valence-electron chi connectivity index (χ0n) is 32.6. The van der Waals surface area contributed by atoms with Gasteiger partial charge < -0.3 is 0 Å². The summed E-state index contributed by atoms with van der Waals surface area (Å²) in [6, 6.07) is 79.0. The second kappa shape index (κ2) is 13.8. The van der Waals surface area contributed by atoms with E-state index in [4.69, 9.17) is 9.97 Å². The van der Waals surface area contributed by atoms with Gasteiger partial charge in [0.25, 0.3) is 0 Å². The third-order valence-electron chi connectivity index (χ3n) is 12.3. The van der Waals surface area contributed by atoms with Gasteiger partial charge in [0.05, 0.1) is 16.8 Å². The van der Waals surface area contributed by atoms with Gasteiger partial charge in [-0.15, -0.1) is 11.3 Å². The summed E-state index contributed by atoms with van der Waals surface area (Å²) in [4.78, 5) is 13.1. The molecule has 0 bridgehead atoms. The smallest absolute Gasteiger partial charge is 0.160 e. The lowest BCUT2D eigenvalue weighted by Gasteiger charge is -2.33. The van der Waals surface area contributed by atoms with Crippen molar-refractivity contribution in [3.63, 3.8) is 0 Å². The predicted octanol–water partition coefficient (Wildman–Crippen LogP) is 14.9. The Hall–Kier alpha value is -7.46. The lowest BCUT2D eigenvalue weighted by atomic mass is 9.68. The van der Waals surface area contributed by atoms with E-state index in [2.05, 4.69) is 206 Å². The first-order valence-corrected chi connectivity index (χ1v) is 21.3. The fraction of sp³-hybridized carbons (Fsp3) is 0.0175. The molecule has 280 valence electrons. The summed E-state index contributed by atoms with van der Waals surface area (Å²) in [5.41, 5.74) is 19.7. The van der Waals surface area contributed by atoms with Crippen molar-refractivity contribution in [1.29, 1.82) is 0 Å². The zero-order chi connectivity index (χ0) is 39.6. The first kappa shape index (κ1) is 34.6. The molecule has 12 rings (SSSR count). The SMILES string of the molecule is c1ccc(-c2cc(-c3ccccc3)nc(-c3cccc(-c4cccc5c4C4(c6ccccc6-5)c5ccccc5-c5c(-c6ccccc6)sc(-c6ccccc6)c54)c3)n2)cc1. The second-order valence-corrected chi connectivity index (χ2v) is 16.6. The normalized spacial score (nSPS) is 14.4. The Bertz CT molecular complexity index is 3190. The summed E-state index contributed by atoms with van der Waals surface area (Å²) in [5.74, 6) is 0.702. The highest BCUT2D eigenvalue weighted by atomic mass is 32.1. The number of thiophene rings is 1. The molecular weight excluding hydrogens is 745 g/mol. The van der Waals surface area contributed by atoms with E-state index in [-0.39, 0.29) is 0 Å². The van der Waals surface area contributed by atoms with Gasteiger partial charge in [-0.2, -0.15) is 0 Å². The third-order valence-corrected chi connectivity index (χ3v) is 13.6. The molecule has 0 fully saturated rings. The summed E-state index contributed by atoms with van der Waals surface area (Å²) in [6.45, 7) is 0. The molecule has 0 aliphatic heterocycles. The molecule has 2 aromatic heterocycles. The van der Waals surface area contributed by atoms with Crippen LogP contribution in [0.4, 0.5) is 0 Å². The van der Waals surface area contributed by atoms with Crippen LogP contribution in [0.1, 0.15) is 22.3 Å². The Labute approximate surface area is 353 Å². The standard InChI is InChI=1S/C57H36N2S/c1-5-19-37(20-6-1)49-36-50(38-21-7-2-8-22-38)59-56(58-49)42-28-17-27-41(35-42)43-31-18-32-45-44-29-13-15-33-47(44)57(52(43)45)48-34-16-14-30-46(48)51-53(57)55(40-25-11-4-12-26-40)60-54(51)39-23-9-3-10-24-39/h1-36H. The van der Waals surface area contributed by atoms with E-state index in [1.54, 1.807) is 0 Å². The van der Waals surface area contributed by atoms with E-state index in [0.717, 1.165) is 33.6 Å². The maximum absolute atomic E-state index is 5.24. The van der Waals surface area contributed by atoms with Crippen LogP contribution < -0.4 is 0 Å². The first-order valence-electron chi connectivity index (χ1n) is 20.5. The maximum Gasteiger partial charge on any atom is 0.160 e. The van der Waals surface area contributed by atoms with Gasteiger partial charge in [-0.3, -0.25) is 0 Å². The minimum atomic E-state index is -0.566. The molecule has 0 radical (unpaired) electrons. The Morgan fingerprint density at radius 1 is 0.317 bits per heavy atom. The highest BCUT2D eigenvalue weighted by Crippen LogP contribution is 2.69. The highest BCUT2D eigenvalue weighted by Gasteiger charge is 2.55. The number of hydrogen-bond acceptors (Lipinski definition) is 3. The molecular formula is C57H36N2S. The van der Waals surface area contributed by atoms with Crippen molar-refractivity contribution in [2.45, 2.75) is 5.41 Å². The Balaban J connectivity index is 1.13. The molecule has 2 aliphatic carbocycles. The largest absolute Gasteiger partial charge is 0.228 e. The van der Waals surface area contributed by atoms with Gasteiger partial charge in [0.2, 0.25) is 0 Å². The van der Waals surface area contributed by atoms with Crippen LogP contribution in [0.2, 0.25) is 0 Å². The summed E-state index contributed by atoms with van der Waals surface area (Å²) in [5, 5.41) is 0. The molecule has 0 saturated heterocycles. The maximum atomic E-state index is 5.24. The number of rotatable bonds is 6. The zero-order valence-corrected chi connectivity index (χ0v) is 33.4. The van der Waals surface area contributed by atoms with Gasteiger partial charge in [-0.25, -0.2) is 9.97 Å². The van der Waals surface area contributed by atoms with E-state index >= 15 is 0 Å². The minimum absolute atomic E-state index is 0.566. The highest BCUT2D eigenvalue weighted by molar-refractivity contribution is 7.19. The van der Waals surface area contributed by atoms with Crippen LogP contribution in [-0.2, 0) is 5.41 Å². The quantitative estimate of drug-likeness (QED) is 0.168.